The smallest absolute Gasteiger partial charge is 0.224 e. The molecule has 0 bridgehead atoms. The van der Waals surface area contributed by atoms with Gasteiger partial charge in [-0.15, -0.1) is 0 Å². The summed E-state index contributed by atoms with van der Waals surface area (Å²) in [6, 6.07) is 8.35. The van der Waals surface area contributed by atoms with Crippen molar-refractivity contribution in [2.75, 3.05) is 38.1 Å². The van der Waals surface area contributed by atoms with Crippen molar-refractivity contribution in [2.45, 2.75) is 20.8 Å². The molecule has 0 saturated carbocycles. The molecular weight excluding hydrogens is 250 g/mol. The van der Waals surface area contributed by atoms with E-state index in [1.54, 1.807) is 0 Å². The summed E-state index contributed by atoms with van der Waals surface area (Å²) in [6.45, 7) is 9.34. The lowest BCUT2D eigenvalue weighted by atomic mass is 10.1. The fourth-order valence-electron chi connectivity index (χ4n) is 2.25. The second-order valence-corrected chi connectivity index (χ2v) is 5.12. The summed E-state index contributed by atoms with van der Waals surface area (Å²) in [5, 5.41) is 6.02. The number of hydrogen-bond donors (Lipinski definition) is 2. The van der Waals surface area contributed by atoms with Crippen LogP contribution in [-0.4, -0.2) is 39.1 Å². The number of carbonyl (C=O) groups excluding carboxylic acids is 1. The van der Waals surface area contributed by atoms with E-state index in [4.69, 9.17) is 0 Å². The van der Waals surface area contributed by atoms with Crippen LogP contribution in [0.4, 0.5) is 5.69 Å². The van der Waals surface area contributed by atoms with Crippen LogP contribution < -0.4 is 15.5 Å². The summed E-state index contributed by atoms with van der Waals surface area (Å²) in [7, 11) is 1.86. The average Bonchev–Trinajstić information content (AvgIpc) is 2.44. The molecule has 1 unspecified atom stereocenters. The molecule has 1 rings (SSSR count). The summed E-state index contributed by atoms with van der Waals surface area (Å²) in [6.07, 6.45) is 0. The Labute approximate surface area is 122 Å². The van der Waals surface area contributed by atoms with Gasteiger partial charge in [0.15, 0.2) is 0 Å². The topological polar surface area (TPSA) is 44.4 Å². The first-order chi connectivity index (χ1) is 9.60. The van der Waals surface area contributed by atoms with Crippen LogP contribution in [0.15, 0.2) is 24.3 Å². The Morgan fingerprint density at radius 2 is 2.05 bits per heavy atom. The Balaban J connectivity index is 2.47. The molecular formula is C16H27N3O. The summed E-state index contributed by atoms with van der Waals surface area (Å²) in [5.74, 6) is 0.119. The summed E-state index contributed by atoms with van der Waals surface area (Å²) in [4.78, 5) is 14.1. The Morgan fingerprint density at radius 1 is 1.35 bits per heavy atom. The minimum absolute atomic E-state index is 0.00791. The van der Waals surface area contributed by atoms with Crippen LogP contribution in [0.25, 0.3) is 0 Å². The molecule has 0 aliphatic carbocycles. The molecule has 4 heteroatoms. The van der Waals surface area contributed by atoms with E-state index in [-0.39, 0.29) is 11.8 Å². The molecule has 4 nitrogen and oxygen atoms in total. The molecule has 0 spiro atoms. The van der Waals surface area contributed by atoms with Crippen molar-refractivity contribution in [3.8, 4) is 0 Å². The predicted molar refractivity (Wildman–Crippen MR) is 85.2 cm³/mol. The Kier molecular flexibility index (Phi) is 7.09. The molecule has 0 radical (unpaired) electrons. The largest absolute Gasteiger partial charge is 0.370 e. The summed E-state index contributed by atoms with van der Waals surface area (Å²) >= 11 is 0. The predicted octanol–water partition coefficient (Wildman–Crippen LogP) is 1.79. The minimum atomic E-state index is 0.00791. The molecule has 20 heavy (non-hydrogen) atoms. The van der Waals surface area contributed by atoms with Crippen LogP contribution in [0.5, 0.6) is 0 Å². The van der Waals surface area contributed by atoms with Crippen molar-refractivity contribution in [1.82, 2.24) is 10.6 Å². The van der Waals surface area contributed by atoms with Crippen molar-refractivity contribution in [3.05, 3.63) is 29.8 Å². The Morgan fingerprint density at radius 3 is 2.65 bits per heavy atom. The highest BCUT2D eigenvalue weighted by Gasteiger charge is 2.12. The molecule has 0 aliphatic heterocycles. The third-order valence-electron chi connectivity index (χ3n) is 3.48. The van der Waals surface area contributed by atoms with Gasteiger partial charge in [-0.2, -0.15) is 0 Å². The summed E-state index contributed by atoms with van der Waals surface area (Å²) in [5.41, 5.74) is 2.51. The van der Waals surface area contributed by atoms with Crippen molar-refractivity contribution < 1.29 is 4.79 Å². The third kappa shape index (κ3) is 4.85. The van der Waals surface area contributed by atoms with E-state index in [0.29, 0.717) is 13.1 Å². The number of carbonyl (C=O) groups is 1. The van der Waals surface area contributed by atoms with Crippen LogP contribution in [0, 0.1) is 12.8 Å². The van der Waals surface area contributed by atoms with Gasteiger partial charge in [0.2, 0.25) is 5.91 Å². The fraction of sp³-hybridized carbons (Fsp3) is 0.562. The number of para-hydroxylation sites is 1. The maximum Gasteiger partial charge on any atom is 0.224 e. The second kappa shape index (κ2) is 8.59. The lowest BCUT2D eigenvalue weighted by Crippen LogP contribution is -2.39. The van der Waals surface area contributed by atoms with Gasteiger partial charge in [0.05, 0.1) is 0 Å². The van der Waals surface area contributed by atoms with Gasteiger partial charge in [-0.05, 0) is 32.5 Å². The quantitative estimate of drug-likeness (QED) is 0.761. The van der Waals surface area contributed by atoms with Crippen LogP contribution in [0.3, 0.4) is 0 Å². The van der Waals surface area contributed by atoms with E-state index in [2.05, 4.69) is 47.6 Å². The molecule has 1 aromatic carbocycles. The molecule has 112 valence electrons. The second-order valence-electron chi connectivity index (χ2n) is 5.12. The maximum absolute atomic E-state index is 11.8. The highest BCUT2D eigenvalue weighted by molar-refractivity contribution is 5.78. The molecule has 1 atom stereocenters. The fourth-order valence-corrected chi connectivity index (χ4v) is 2.25. The van der Waals surface area contributed by atoms with Crippen LogP contribution in [0.1, 0.15) is 19.4 Å². The van der Waals surface area contributed by atoms with Crippen LogP contribution in [0.2, 0.25) is 0 Å². The van der Waals surface area contributed by atoms with Gasteiger partial charge in [0.25, 0.3) is 0 Å². The molecule has 2 N–H and O–H groups in total. The van der Waals surface area contributed by atoms with E-state index in [1.165, 1.54) is 11.3 Å². The lowest BCUT2D eigenvalue weighted by molar-refractivity contribution is -0.124. The highest BCUT2D eigenvalue weighted by atomic mass is 16.1. The number of likely N-dealkylation sites (N-methyl/N-ethyl adjacent to an activating group) is 1. The first-order valence-corrected chi connectivity index (χ1v) is 7.33. The van der Waals surface area contributed by atoms with E-state index in [1.807, 2.05) is 20.0 Å². The number of anilines is 1. The zero-order chi connectivity index (χ0) is 15.0. The number of benzene rings is 1. The highest BCUT2D eigenvalue weighted by Crippen LogP contribution is 2.18. The van der Waals surface area contributed by atoms with E-state index in [0.717, 1.165) is 13.1 Å². The van der Waals surface area contributed by atoms with Gasteiger partial charge in [-0.25, -0.2) is 0 Å². The van der Waals surface area contributed by atoms with Crippen LogP contribution in [-0.2, 0) is 4.79 Å². The van der Waals surface area contributed by atoms with Gasteiger partial charge in [-0.3, -0.25) is 4.79 Å². The SMILES string of the molecule is CCN(CCNC(=O)C(C)CNC)c1ccccc1C. The van der Waals surface area contributed by atoms with Gasteiger partial charge >= 0.3 is 0 Å². The monoisotopic (exact) mass is 277 g/mol. The minimum Gasteiger partial charge on any atom is -0.370 e. The Hall–Kier alpha value is -1.55. The number of hydrogen-bond acceptors (Lipinski definition) is 3. The van der Waals surface area contributed by atoms with E-state index < -0.39 is 0 Å². The summed E-state index contributed by atoms with van der Waals surface area (Å²) < 4.78 is 0. The molecule has 0 aromatic heterocycles. The standard InChI is InChI=1S/C16H27N3O/c1-5-19(15-9-7-6-8-13(15)2)11-10-18-16(20)14(3)12-17-4/h6-9,14,17H,5,10-12H2,1-4H3,(H,18,20). The first kappa shape index (κ1) is 16.5. The molecule has 0 heterocycles. The van der Waals surface area contributed by atoms with Crippen LogP contribution >= 0.6 is 0 Å². The number of amides is 1. The van der Waals surface area contributed by atoms with Gasteiger partial charge in [-0.1, -0.05) is 25.1 Å². The number of nitrogens with one attached hydrogen (secondary N) is 2. The van der Waals surface area contributed by atoms with Crippen molar-refractivity contribution in [1.29, 1.82) is 0 Å². The number of aryl methyl sites for hydroxylation is 1. The first-order valence-electron chi connectivity index (χ1n) is 7.33. The zero-order valence-corrected chi connectivity index (χ0v) is 13.1. The lowest BCUT2D eigenvalue weighted by Gasteiger charge is -2.25. The van der Waals surface area contributed by atoms with Crippen molar-refractivity contribution in [2.24, 2.45) is 5.92 Å². The van der Waals surface area contributed by atoms with E-state index >= 15 is 0 Å². The number of nitrogens with zero attached hydrogens (tertiary/aromatic N) is 1. The van der Waals surface area contributed by atoms with Crippen molar-refractivity contribution in [3.63, 3.8) is 0 Å². The van der Waals surface area contributed by atoms with Crippen molar-refractivity contribution >= 4 is 11.6 Å². The molecule has 1 aromatic rings. The number of rotatable bonds is 8. The normalized spacial score (nSPS) is 12.0. The Bertz CT molecular complexity index is 420. The zero-order valence-electron chi connectivity index (χ0n) is 13.1. The average molecular weight is 277 g/mol. The molecule has 0 fully saturated rings. The van der Waals surface area contributed by atoms with E-state index in [9.17, 15) is 4.79 Å². The van der Waals surface area contributed by atoms with Gasteiger partial charge < -0.3 is 15.5 Å². The molecule has 0 aliphatic rings. The maximum atomic E-state index is 11.8. The molecule has 0 saturated heterocycles. The van der Waals surface area contributed by atoms with Gasteiger partial charge in [0, 0.05) is 37.8 Å². The van der Waals surface area contributed by atoms with Gasteiger partial charge in [0.1, 0.15) is 0 Å². The third-order valence-corrected chi connectivity index (χ3v) is 3.48. The molecule has 1 amide bonds.